The first-order valence-electron chi connectivity index (χ1n) is 5.37. The average molecular weight is 337 g/mol. The van der Waals surface area contributed by atoms with Gasteiger partial charge in [-0.3, -0.25) is 0 Å². The largest absolute Gasteiger partial charge is 0.387 e. The molecule has 0 spiro atoms. The first kappa shape index (κ1) is 15.6. The van der Waals surface area contributed by atoms with Crippen molar-refractivity contribution in [2.24, 2.45) is 0 Å². The van der Waals surface area contributed by atoms with Gasteiger partial charge in [0.25, 0.3) is 10.2 Å². The van der Waals surface area contributed by atoms with Crippen molar-refractivity contribution in [2.45, 2.75) is 19.1 Å². The van der Waals surface area contributed by atoms with E-state index in [-0.39, 0.29) is 0 Å². The normalized spacial score (nSPS) is 15.7. The first-order valence-corrected chi connectivity index (χ1v) is 7.60. The lowest BCUT2D eigenvalue weighted by atomic mass is 10.0. The van der Waals surface area contributed by atoms with Crippen LogP contribution in [0.4, 0.5) is 0 Å². The number of nitrogens with zero attached hydrogens (tertiary/aromatic N) is 1. The summed E-state index contributed by atoms with van der Waals surface area (Å²) >= 11 is 3.30. The number of rotatable bonds is 5. The molecule has 1 aromatic carbocycles. The van der Waals surface area contributed by atoms with Gasteiger partial charge in [0.05, 0.1) is 12.1 Å². The van der Waals surface area contributed by atoms with E-state index in [0.717, 1.165) is 8.78 Å². The average Bonchev–Trinajstić information content (AvgIpc) is 2.28. The fraction of sp³-hybridized carbons (Fsp3) is 0.455. The van der Waals surface area contributed by atoms with Gasteiger partial charge < -0.3 is 5.11 Å². The summed E-state index contributed by atoms with van der Waals surface area (Å²) in [6, 6.07) is 6.47. The third kappa shape index (κ3) is 4.03. The lowest BCUT2D eigenvalue weighted by molar-refractivity contribution is 0.145. The van der Waals surface area contributed by atoms with E-state index in [1.54, 1.807) is 31.2 Å². The summed E-state index contributed by atoms with van der Waals surface area (Å²) < 4.78 is 27.6. The van der Waals surface area contributed by atoms with Crippen molar-refractivity contribution in [2.75, 3.05) is 14.1 Å². The van der Waals surface area contributed by atoms with Crippen LogP contribution in [0.2, 0.25) is 0 Å². The first-order chi connectivity index (χ1) is 8.24. The molecule has 2 atom stereocenters. The summed E-state index contributed by atoms with van der Waals surface area (Å²) in [7, 11) is -0.681. The number of hydrogen-bond donors (Lipinski definition) is 2. The van der Waals surface area contributed by atoms with Gasteiger partial charge in [-0.1, -0.05) is 28.1 Å². The van der Waals surface area contributed by atoms with Gasteiger partial charge in [-0.25, -0.2) is 0 Å². The Kier molecular flexibility index (Phi) is 5.30. The van der Waals surface area contributed by atoms with Crippen LogP contribution in [0.5, 0.6) is 0 Å². The van der Waals surface area contributed by atoms with Gasteiger partial charge in [0.1, 0.15) is 0 Å². The molecule has 0 bridgehead atoms. The predicted octanol–water partition coefficient (Wildman–Crippen LogP) is 1.27. The second-order valence-electron chi connectivity index (χ2n) is 4.19. The SMILES string of the molecule is C[C@@H](NS(=O)(=O)N(C)C)[C@H](O)c1ccc(Br)cc1. The zero-order valence-corrected chi connectivity index (χ0v) is 12.9. The highest BCUT2D eigenvalue weighted by molar-refractivity contribution is 9.10. The third-order valence-corrected chi connectivity index (χ3v) is 4.66. The summed E-state index contributed by atoms with van der Waals surface area (Å²) in [5.74, 6) is 0. The minimum absolute atomic E-state index is 0.612. The van der Waals surface area contributed by atoms with Crippen LogP contribution in [0.3, 0.4) is 0 Å². The van der Waals surface area contributed by atoms with Gasteiger partial charge in [-0.05, 0) is 24.6 Å². The van der Waals surface area contributed by atoms with E-state index >= 15 is 0 Å². The Morgan fingerprint density at radius 3 is 2.22 bits per heavy atom. The van der Waals surface area contributed by atoms with Crippen molar-refractivity contribution < 1.29 is 13.5 Å². The molecule has 102 valence electrons. The highest BCUT2D eigenvalue weighted by Crippen LogP contribution is 2.20. The molecule has 0 radical (unpaired) electrons. The molecule has 1 aromatic rings. The topological polar surface area (TPSA) is 69.6 Å². The monoisotopic (exact) mass is 336 g/mol. The van der Waals surface area contributed by atoms with Gasteiger partial charge in [0, 0.05) is 18.6 Å². The number of halogens is 1. The van der Waals surface area contributed by atoms with Crippen molar-refractivity contribution >= 4 is 26.1 Å². The van der Waals surface area contributed by atoms with Crippen molar-refractivity contribution in [3.05, 3.63) is 34.3 Å². The van der Waals surface area contributed by atoms with Crippen LogP contribution in [0.15, 0.2) is 28.7 Å². The Morgan fingerprint density at radius 2 is 1.78 bits per heavy atom. The molecule has 1 rings (SSSR count). The Hall–Kier alpha value is -0.470. The van der Waals surface area contributed by atoms with Crippen molar-refractivity contribution in [1.29, 1.82) is 0 Å². The van der Waals surface area contributed by atoms with E-state index in [1.165, 1.54) is 14.1 Å². The van der Waals surface area contributed by atoms with Crippen molar-refractivity contribution in [3.63, 3.8) is 0 Å². The molecular weight excluding hydrogens is 320 g/mol. The van der Waals surface area contributed by atoms with Crippen molar-refractivity contribution in [1.82, 2.24) is 9.03 Å². The van der Waals surface area contributed by atoms with Crippen LogP contribution >= 0.6 is 15.9 Å². The van der Waals surface area contributed by atoms with Crippen LogP contribution in [0.25, 0.3) is 0 Å². The van der Waals surface area contributed by atoms with E-state index in [9.17, 15) is 13.5 Å². The second-order valence-corrected chi connectivity index (χ2v) is 7.02. The van der Waals surface area contributed by atoms with Crippen LogP contribution in [-0.4, -0.2) is 38.0 Å². The fourth-order valence-electron chi connectivity index (χ4n) is 1.35. The zero-order chi connectivity index (χ0) is 13.9. The Balaban J connectivity index is 2.79. The molecule has 5 nitrogen and oxygen atoms in total. The lowest BCUT2D eigenvalue weighted by Crippen LogP contribution is -2.43. The van der Waals surface area contributed by atoms with E-state index in [0.29, 0.717) is 5.56 Å². The van der Waals surface area contributed by atoms with Crippen LogP contribution in [0.1, 0.15) is 18.6 Å². The number of hydrogen-bond acceptors (Lipinski definition) is 3. The Labute approximate surface area is 116 Å². The molecule has 0 heterocycles. The lowest BCUT2D eigenvalue weighted by Gasteiger charge is -2.22. The Morgan fingerprint density at radius 1 is 1.28 bits per heavy atom. The summed E-state index contributed by atoms with van der Waals surface area (Å²) in [6.07, 6.45) is -0.896. The quantitative estimate of drug-likeness (QED) is 0.850. The summed E-state index contributed by atoms with van der Waals surface area (Å²) in [5, 5.41) is 10.1. The highest BCUT2D eigenvalue weighted by Gasteiger charge is 2.23. The maximum Gasteiger partial charge on any atom is 0.279 e. The standard InChI is InChI=1S/C11H17BrN2O3S/c1-8(13-18(16,17)14(2)3)11(15)9-4-6-10(12)7-5-9/h4-8,11,13,15H,1-3H3/t8-,11+/m1/s1. The van der Waals surface area contributed by atoms with E-state index < -0.39 is 22.4 Å². The number of aliphatic hydroxyl groups excluding tert-OH is 1. The second kappa shape index (κ2) is 6.12. The molecule has 0 saturated carbocycles. The van der Waals surface area contributed by atoms with Crippen LogP contribution in [0, 0.1) is 0 Å². The van der Waals surface area contributed by atoms with Gasteiger partial charge >= 0.3 is 0 Å². The molecule has 7 heteroatoms. The highest BCUT2D eigenvalue weighted by atomic mass is 79.9. The van der Waals surface area contributed by atoms with Crippen molar-refractivity contribution in [3.8, 4) is 0 Å². The summed E-state index contributed by atoms with van der Waals surface area (Å²) in [5.41, 5.74) is 0.659. The molecule has 2 N–H and O–H groups in total. The zero-order valence-electron chi connectivity index (χ0n) is 10.5. The van der Waals surface area contributed by atoms with E-state index in [2.05, 4.69) is 20.7 Å². The molecule has 0 amide bonds. The fourth-order valence-corrected chi connectivity index (χ4v) is 2.43. The number of benzene rings is 1. The molecule has 0 fully saturated rings. The summed E-state index contributed by atoms with van der Waals surface area (Å²) in [4.78, 5) is 0. The smallest absolute Gasteiger partial charge is 0.279 e. The minimum atomic E-state index is -3.54. The van der Waals surface area contributed by atoms with Gasteiger partial charge in [0.2, 0.25) is 0 Å². The molecule has 0 aliphatic heterocycles. The Bertz CT molecular complexity index is 488. The molecule has 0 aromatic heterocycles. The number of nitrogens with one attached hydrogen (secondary N) is 1. The minimum Gasteiger partial charge on any atom is -0.387 e. The van der Waals surface area contributed by atoms with E-state index in [1.807, 2.05) is 0 Å². The number of aliphatic hydroxyl groups is 1. The molecule has 18 heavy (non-hydrogen) atoms. The third-order valence-electron chi connectivity index (χ3n) is 2.50. The molecule has 0 saturated heterocycles. The summed E-state index contributed by atoms with van der Waals surface area (Å²) in [6.45, 7) is 1.62. The van der Waals surface area contributed by atoms with E-state index in [4.69, 9.17) is 0 Å². The molecular formula is C11H17BrN2O3S. The van der Waals surface area contributed by atoms with Gasteiger partial charge in [0.15, 0.2) is 0 Å². The van der Waals surface area contributed by atoms with Crippen LogP contribution in [-0.2, 0) is 10.2 Å². The molecule has 0 unspecified atom stereocenters. The maximum absolute atomic E-state index is 11.6. The molecule has 0 aliphatic rings. The van der Waals surface area contributed by atoms with Gasteiger partial charge in [-0.2, -0.15) is 17.4 Å². The van der Waals surface area contributed by atoms with Crippen LogP contribution < -0.4 is 4.72 Å². The van der Waals surface area contributed by atoms with Gasteiger partial charge in [-0.15, -0.1) is 0 Å². The molecule has 0 aliphatic carbocycles. The maximum atomic E-state index is 11.6. The predicted molar refractivity (Wildman–Crippen MR) is 74.3 cm³/mol.